The minimum atomic E-state index is -3.49. The van der Waals surface area contributed by atoms with Crippen molar-refractivity contribution in [3.8, 4) is 28.4 Å². The molecule has 1 aromatic carbocycles. The second-order valence-electron chi connectivity index (χ2n) is 8.43. The molecule has 5 rings (SSSR count). The number of hydrogen-bond acceptors (Lipinski definition) is 8. The van der Waals surface area contributed by atoms with Crippen LogP contribution >= 0.6 is 0 Å². The number of aromatic hydroxyl groups is 1. The number of fused-ring (bicyclic) bond motifs is 1. The molecule has 4 aromatic rings. The topological polar surface area (TPSA) is 138 Å². The second kappa shape index (κ2) is 7.83. The lowest BCUT2D eigenvalue weighted by Gasteiger charge is -2.16. The van der Waals surface area contributed by atoms with Gasteiger partial charge in [-0.05, 0) is 32.0 Å². The van der Waals surface area contributed by atoms with Gasteiger partial charge in [-0.2, -0.15) is 22.4 Å². The molecule has 1 saturated heterocycles. The third-order valence-electron chi connectivity index (χ3n) is 5.24. The summed E-state index contributed by atoms with van der Waals surface area (Å²) in [5.74, 6) is 0.880. The number of imidazole rings is 1. The van der Waals surface area contributed by atoms with E-state index in [0.717, 1.165) is 0 Å². The van der Waals surface area contributed by atoms with Crippen LogP contribution in [0.4, 0.5) is 5.95 Å². The molecule has 1 aliphatic heterocycles. The van der Waals surface area contributed by atoms with Crippen LogP contribution in [0.25, 0.3) is 28.5 Å². The molecule has 3 N–H and O–H groups in total. The zero-order valence-corrected chi connectivity index (χ0v) is 18.9. The monoisotopic (exact) mass is 469 g/mol. The van der Waals surface area contributed by atoms with Gasteiger partial charge in [0.05, 0.1) is 5.69 Å². The molecule has 0 unspecified atom stereocenters. The molecule has 3 aromatic heterocycles. The fourth-order valence-corrected chi connectivity index (χ4v) is 5.64. The van der Waals surface area contributed by atoms with Gasteiger partial charge in [0.2, 0.25) is 5.95 Å². The van der Waals surface area contributed by atoms with Crippen molar-refractivity contribution >= 4 is 22.0 Å². The van der Waals surface area contributed by atoms with Crippen LogP contribution in [0.3, 0.4) is 0 Å². The Morgan fingerprint density at radius 1 is 1.27 bits per heavy atom. The standard InChI is InChI=1S/C21H23N7O4S/c1-21(2)13-27(33(30,31)26-21)9-8-23-19-22-7-6-16(24-19)18-17(14-4-3-5-15(29)12-14)25-20-28(18)10-11-32-20/h3-7,10-12,26,29H,8-9,13H2,1-2H3,(H,22,23,24). The van der Waals surface area contributed by atoms with Gasteiger partial charge in [0.15, 0.2) is 0 Å². The number of hydrogen-bond donors (Lipinski definition) is 3. The number of oxazole rings is 1. The Kier molecular flexibility index (Phi) is 5.07. The summed E-state index contributed by atoms with van der Waals surface area (Å²) in [5.41, 5.74) is 2.09. The highest BCUT2D eigenvalue weighted by molar-refractivity contribution is 7.87. The van der Waals surface area contributed by atoms with Crippen LogP contribution in [0, 0.1) is 0 Å². The molecule has 12 heteroatoms. The summed E-state index contributed by atoms with van der Waals surface area (Å²) in [7, 11) is -3.49. The maximum atomic E-state index is 12.2. The van der Waals surface area contributed by atoms with Crippen LogP contribution in [0.5, 0.6) is 5.75 Å². The van der Waals surface area contributed by atoms with Crippen molar-refractivity contribution in [2.45, 2.75) is 19.4 Å². The first-order valence-corrected chi connectivity index (χ1v) is 11.8. The molecule has 1 fully saturated rings. The van der Waals surface area contributed by atoms with E-state index >= 15 is 0 Å². The minimum Gasteiger partial charge on any atom is -0.508 e. The van der Waals surface area contributed by atoms with E-state index in [9.17, 15) is 13.5 Å². The van der Waals surface area contributed by atoms with Gasteiger partial charge < -0.3 is 14.8 Å². The maximum absolute atomic E-state index is 12.2. The van der Waals surface area contributed by atoms with Crippen molar-refractivity contribution in [2.75, 3.05) is 25.0 Å². The van der Waals surface area contributed by atoms with Crippen molar-refractivity contribution < 1.29 is 17.9 Å². The van der Waals surface area contributed by atoms with Crippen LogP contribution < -0.4 is 10.0 Å². The number of anilines is 1. The molecule has 4 heterocycles. The van der Waals surface area contributed by atoms with Crippen LogP contribution in [0.1, 0.15) is 13.8 Å². The fraction of sp³-hybridized carbons (Fsp3) is 0.286. The molecule has 11 nitrogen and oxygen atoms in total. The molecule has 0 atom stereocenters. The lowest BCUT2D eigenvalue weighted by molar-refractivity contribution is 0.388. The number of benzene rings is 1. The summed E-state index contributed by atoms with van der Waals surface area (Å²) in [5, 5.41) is 13.0. The molecular weight excluding hydrogens is 446 g/mol. The second-order valence-corrected chi connectivity index (χ2v) is 10.1. The van der Waals surface area contributed by atoms with Gasteiger partial charge >= 0.3 is 5.84 Å². The van der Waals surface area contributed by atoms with Crippen LogP contribution in [-0.2, 0) is 10.2 Å². The highest BCUT2D eigenvalue weighted by atomic mass is 32.2. The summed E-state index contributed by atoms with van der Waals surface area (Å²) < 4.78 is 35.8. The number of phenolic OH excluding ortho intramolecular Hbond substituents is 1. The third kappa shape index (κ3) is 4.15. The molecule has 0 amide bonds. The molecule has 33 heavy (non-hydrogen) atoms. The van der Waals surface area contributed by atoms with E-state index in [1.165, 1.54) is 10.6 Å². The highest BCUT2D eigenvalue weighted by Gasteiger charge is 2.40. The first kappa shape index (κ1) is 21.4. The highest BCUT2D eigenvalue weighted by Crippen LogP contribution is 2.33. The molecule has 0 aliphatic carbocycles. The first-order chi connectivity index (χ1) is 15.7. The molecular formula is C21H23N7O4S. The average Bonchev–Trinajstić information content (AvgIpc) is 3.39. The zero-order chi connectivity index (χ0) is 23.2. The van der Waals surface area contributed by atoms with Crippen molar-refractivity contribution in [3.05, 3.63) is 49.0 Å². The number of aromatic nitrogens is 4. The van der Waals surface area contributed by atoms with Gasteiger partial charge in [0, 0.05) is 43.1 Å². The number of nitrogens with zero attached hydrogens (tertiary/aromatic N) is 5. The third-order valence-corrected chi connectivity index (χ3v) is 7.04. The summed E-state index contributed by atoms with van der Waals surface area (Å²) >= 11 is 0. The van der Waals surface area contributed by atoms with Crippen LogP contribution in [0.2, 0.25) is 0 Å². The van der Waals surface area contributed by atoms with E-state index in [1.807, 2.05) is 19.9 Å². The fourth-order valence-electron chi connectivity index (χ4n) is 3.92. The maximum Gasteiger partial charge on any atom is 0.306 e. The molecule has 0 bridgehead atoms. The van der Waals surface area contributed by atoms with Crippen molar-refractivity contribution in [2.24, 2.45) is 0 Å². The van der Waals surface area contributed by atoms with Crippen molar-refractivity contribution in [3.63, 3.8) is 0 Å². The summed E-state index contributed by atoms with van der Waals surface area (Å²) in [6.45, 7) is 4.69. The Labute approximate surface area is 190 Å². The van der Waals surface area contributed by atoms with Crippen LogP contribution in [-0.4, -0.2) is 62.4 Å². The van der Waals surface area contributed by atoms with Crippen molar-refractivity contribution in [1.82, 2.24) is 28.4 Å². The van der Waals surface area contributed by atoms with Crippen LogP contribution in [0.15, 0.2) is 53.4 Å². The largest absolute Gasteiger partial charge is 0.508 e. The summed E-state index contributed by atoms with van der Waals surface area (Å²) in [6.07, 6.45) is 4.89. The van der Waals surface area contributed by atoms with E-state index < -0.39 is 15.7 Å². The lowest BCUT2D eigenvalue weighted by atomic mass is 10.1. The zero-order valence-electron chi connectivity index (χ0n) is 18.1. The quantitative estimate of drug-likeness (QED) is 0.390. The molecule has 1 aliphatic rings. The van der Waals surface area contributed by atoms with Gasteiger partial charge in [-0.3, -0.25) is 4.40 Å². The summed E-state index contributed by atoms with van der Waals surface area (Å²) in [6, 6.07) is 8.55. The predicted octanol–water partition coefficient (Wildman–Crippen LogP) is 2.10. The Bertz CT molecular complexity index is 1430. The minimum absolute atomic E-state index is 0.127. The Hall–Kier alpha value is -3.48. The smallest absolute Gasteiger partial charge is 0.306 e. The number of nitrogens with one attached hydrogen (secondary N) is 2. The normalized spacial score (nSPS) is 17.5. The van der Waals surface area contributed by atoms with E-state index in [4.69, 9.17) is 4.42 Å². The molecule has 0 spiro atoms. The SMILES string of the molecule is CC1(C)CN(CCNc2nccc(-c3c(-c4cccc(O)c4)nc4occn34)n2)S(=O)(=O)N1. The predicted molar refractivity (Wildman–Crippen MR) is 122 cm³/mol. The van der Waals surface area contributed by atoms with Gasteiger partial charge in [-0.1, -0.05) is 12.1 Å². The first-order valence-electron chi connectivity index (χ1n) is 10.3. The average molecular weight is 470 g/mol. The van der Waals surface area contributed by atoms with E-state index in [1.54, 1.807) is 41.1 Å². The van der Waals surface area contributed by atoms with E-state index in [0.29, 0.717) is 47.5 Å². The Morgan fingerprint density at radius 2 is 2.12 bits per heavy atom. The number of rotatable bonds is 6. The van der Waals surface area contributed by atoms with Gasteiger partial charge in [-0.25, -0.2) is 9.97 Å². The van der Waals surface area contributed by atoms with Gasteiger partial charge in [-0.15, -0.1) is 0 Å². The van der Waals surface area contributed by atoms with Crippen molar-refractivity contribution in [1.29, 1.82) is 0 Å². The summed E-state index contributed by atoms with van der Waals surface area (Å²) in [4.78, 5) is 13.4. The van der Waals surface area contributed by atoms with Gasteiger partial charge in [0.1, 0.15) is 23.4 Å². The molecule has 0 radical (unpaired) electrons. The Balaban J connectivity index is 1.41. The van der Waals surface area contributed by atoms with E-state index in [2.05, 4.69) is 25.0 Å². The van der Waals surface area contributed by atoms with E-state index in [-0.39, 0.29) is 12.3 Å². The number of phenols is 1. The molecule has 172 valence electrons. The lowest BCUT2D eigenvalue weighted by Crippen LogP contribution is -2.36. The molecule has 0 saturated carbocycles. The Morgan fingerprint density at radius 3 is 2.88 bits per heavy atom. The van der Waals surface area contributed by atoms with Gasteiger partial charge in [0.25, 0.3) is 10.2 Å².